The van der Waals surface area contributed by atoms with Gasteiger partial charge in [0, 0.05) is 18.8 Å². The van der Waals surface area contributed by atoms with Crippen LogP contribution in [-0.2, 0) is 0 Å². The molecule has 0 aliphatic carbocycles. The molecule has 0 radical (unpaired) electrons. The normalized spacial score (nSPS) is 12.7. The quantitative estimate of drug-likeness (QED) is 0.817. The number of halogens is 3. The van der Waals surface area contributed by atoms with Gasteiger partial charge < -0.3 is 15.0 Å². The van der Waals surface area contributed by atoms with Gasteiger partial charge >= 0.3 is 6.18 Å². The van der Waals surface area contributed by atoms with Crippen LogP contribution >= 0.6 is 0 Å². The van der Waals surface area contributed by atoms with E-state index in [9.17, 15) is 18.0 Å². The predicted molar refractivity (Wildman–Crippen MR) is 91.0 cm³/mol. The van der Waals surface area contributed by atoms with E-state index in [1.54, 1.807) is 0 Å². The number of amides is 1. The van der Waals surface area contributed by atoms with Gasteiger partial charge in [-0.2, -0.15) is 13.2 Å². The molecule has 1 aromatic heterocycles. The summed E-state index contributed by atoms with van der Waals surface area (Å²) in [6, 6.07) is 12.3. The fourth-order valence-corrected chi connectivity index (χ4v) is 2.32. The maximum atomic E-state index is 12.2. The van der Waals surface area contributed by atoms with Gasteiger partial charge in [-0.25, -0.2) is 4.98 Å². The Kier molecular flexibility index (Phi) is 6.57. The third-order valence-corrected chi connectivity index (χ3v) is 3.65. The summed E-state index contributed by atoms with van der Waals surface area (Å²) >= 11 is 0. The summed E-state index contributed by atoms with van der Waals surface area (Å²) in [5.41, 5.74) is 1.31. The molecule has 1 unspecified atom stereocenters. The molecule has 1 amide bonds. The Morgan fingerprint density at radius 3 is 2.42 bits per heavy atom. The number of nitrogens with zero attached hydrogens (tertiary/aromatic N) is 2. The molecule has 0 spiro atoms. The number of hydrogen-bond donors (Lipinski definition) is 1. The van der Waals surface area contributed by atoms with Crippen LogP contribution in [0.1, 0.15) is 22.0 Å². The average Bonchev–Trinajstić information content (AvgIpc) is 2.60. The standard InChI is InChI=1S/C18H20F3N3O2/c1-24(2)15(13-6-4-3-5-7-13)11-23-17(25)14-8-9-16(22-10-14)26-12-18(19,20)21/h3-10,15H,11-12H2,1-2H3,(H,23,25). The Hall–Kier alpha value is -2.61. The van der Waals surface area contributed by atoms with Crippen LogP contribution in [0.2, 0.25) is 0 Å². The number of alkyl halides is 3. The van der Waals surface area contributed by atoms with Crippen molar-refractivity contribution in [1.82, 2.24) is 15.2 Å². The molecular formula is C18H20F3N3O2. The first-order valence-corrected chi connectivity index (χ1v) is 7.91. The molecule has 0 aliphatic rings. The molecule has 0 bridgehead atoms. The molecule has 2 aromatic rings. The number of pyridine rings is 1. The molecule has 0 fully saturated rings. The molecule has 1 aromatic carbocycles. The Labute approximate surface area is 149 Å². The van der Waals surface area contributed by atoms with Crippen LogP contribution in [-0.4, -0.2) is 49.2 Å². The molecule has 2 rings (SSSR count). The number of carbonyl (C=O) groups excluding carboxylic acids is 1. The lowest BCUT2D eigenvalue weighted by Crippen LogP contribution is -2.34. The lowest BCUT2D eigenvalue weighted by atomic mass is 10.1. The van der Waals surface area contributed by atoms with E-state index in [0.29, 0.717) is 6.54 Å². The van der Waals surface area contributed by atoms with Crippen molar-refractivity contribution in [2.45, 2.75) is 12.2 Å². The van der Waals surface area contributed by atoms with Gasteiger partial charge in [-0.15, -0.1) is 0 Å². The minimum atomic E-state index is -4.43. The highest BCUT2D eigenvalue weighted by atomic mass is 19.4. The molecule has 0 saturated carbocycles. The number of benzene rings is 1. The van der Waals surface area contributed by atoms with Crippen molar-refractivity contribution in [3.63, 3.8) is 0 Å². The van der Waals surface area contributed by atoms with E-state index in [4.69, 9.17) is 0 Å². The second kappa shape index (κ2) is 8.66. The van der Waals surface area contributed by atoms with Crippen LogP contribution in [0.3, 0.4) is 0 Å². The minimum Gasteiger partial charge on any atom is -0.468 e. The van der Waals surface area contributed by atoms with Gasteiger partial charge in [-0.3, -0.25) is 4.79 Å². The highest BCUT2D eigenvalue weighted by Gasteiger charge is 2.28. The fourth-order valence-electron chi connectivity index (χ4n) is 2.32. The zero-order chi connectivity index (χ0) is 19.2. The Morgan fingerprint density at radius 2 is 1.88 bits per heavy atom. The van der Waals surface area contributed by atoms with Gasteiger partial charge in [0.2, 0.25) is 5.88 Å². The Morgan fingerprint density at radius 1 is 1.19 bits per heavy atom. The van der Waals surface area contributed by atoms with Gasteiger partial charge in [0.25, 0.3) is 5.91 Å². The van der Waals surface area contributed by atoms with Crippen LogP contribution in [0, 0.1) is 0 Å². The van der Waals surface area contributed by atoms with Crippen molar-refractivity contribution < 1.29 is 22.7 Å². The molecule has 1 N–H and O–H groups in total. The van der Waals surface area contributed by atoms with Gasteiger partial charge in [0.15, 0.2) is 6.61 Å². The van der Waals surface area contributed by atoms with Gasteiger partial charge in [0.05, 0.1) is 11.6 Å². The first-order chi connectivity index (χ1) is 12.3. The van der Waals surface area contributed by atoms with Crippen molar-refractivity contribution in [2.75, 3.05) is 27.2 Å². The van der Waals surface area contributed by atoms with Gasteiger partial charge in [-0.05, 0) is 25.7 Å². The second-order valence-electron chi connectivity index (χ2n) is 5.89. The highest BCUT2D eigenvalue weighted by molar-refractivity contribution is 5.93. The number of hydrogen-bond acceptors (Lipinski definition) is 4. The van der Waals surface area contributed by atoms with Gasteiger partial charge in [-0.1, -0.05) is 30.3 Å². The average molecular weight is 367 g/mol. The monoisotopic (exact) mass is 367 g/mol. The molecule has 1 atom stereocenters. The first kappa shape index (κ1) is 19.7. The third kappa shape index (κ3) is 6.03. The molecule has 140 valence electrons. The van der Waals surface area contributed by atoms with Crippen LogP contribution in [0.5, 0.6) is 5.88 Å². The zero-order valence-corrected chi connectivity index (χ0v) is 14.5. The summed E-state index contributed by atoms with van der Waals surface area (Å²) in [6.07, 6.45) is -3.25. The molecular weight excluding hydrogens is 347 g/mol. The van der Waals surface area contributed by atoms with Crippen molar-refractivity contribution in [3.05, 3.63) is 59.8 Å². The highest BCUT2D eigenvalue weighted by Crippen LogP contribution is 2.18. The van der Waals surface area contributed by atoms with Crippen molar-refractivity contribution in [1.29, 1.82) is 0 Å². The SMILES string of the molecule is CN(C)C(CNC(=O)c1ccc(OCC(F)(F)F)nc1)c1ccccc1. The number of likely N-dealkylation sites (N-methyl/N-ethyl adjacent to an activating group) is 1. The van der Waals surface area contributed by atoms with Crippen molar-refractivity contribution >= 4 is 5.91 Å². The number of nitrogens with one attached hydrogen (secondary N) is 1. The van der Waals surface area contributed by atoms with Crippen LogP contribution in [0.4, 0.5) is 13.2 Å². The van der Waals surface area contributed by atoms with Gasteiger partial charge in [0.1, 0.15) is 0 Å². The van der Waals surface area contributed by atoms with Crippen molar-refractivity contribution in [3.8, 4) is 5.88 Å². The molecule has 26 heavy (non-hydrogen) atoms. The third-order valence-electron chi connectivity index (χ3n) is 3.65. The zero-order valence-electron chi connectivity index (χ0n) is 14.5. The first-order valence-electron chi connectivity index (χ1n) is 7.91. The summed E-state index contributed by atoms with van der Waals surface area (Å²) in [6.45, 7) is -1.05. The van der Waals surface area contributed by atoms with Crippen LogP contribution in [0.15, 0.2) is 48.7 Å². The fraction of sp³-hybridized carbons (Fsp3) is 0.333. The number of carbonyl (C=O) groups is 1. The maximum absolute atomic E-state index is 12.2. The lowest BCUT2D eigenvalue weighted by molar-refractivity contribution is -0.154. The van der Waals surface area contributed by atoms with E-state index in [0.717, 1.165) is 5.56 Å². The van der Waals surface area contributed by atoms with E-state index in [1.807, 2.05) is 49.3 Å². The van der Waals surface area contributed by atoms with Crippen LogP contribution in [0.25, 0.3) is 0 Å². The number of ether oxygens (including phenoxy) is 1. The summed E-state index contributed by atoms with van der Waals surface area (Å²) < 4.78 is 40.8. The summed E-state index contributed by atoms with van der Waals surface area (Å²) in [7, 11) is 3.83. The largest absolute Gasteiger partial charge is 0.468 e. The number of rotatable bonds is 7. The molecule has 1 heterocycles. The lowest BCUT2D eigenvalue weighted by Gasteiger charge is -2.25. The smallest absolute Gasteiger partial charge is 0.422 e. The predicted octanol–water partition coefficient (Wildman–Crippen LogP) is 3.06. The molecule has 0 aliphatic heterocycles. The second-order valence-corrected chi connectivity index (χ2v) is 5.89. The van der Waals surface area contributed by atoms with Crippen molar-refractivity contribution in [2.24, 2.45) is 0 Å². The maximum Gasteiger partial charge on any atom is 0.422 e. The van der Waals surface area contributed by atoms with E-state index in [2.05, 4.69) is 15.0 Å². The Bertz CT molecular complexity index is 704. The molecule has 0 saturated heterocycles. The van der Waals surface area contributed by atoms with E-state index in [1.165, 1.54) is 18.3 Å². The molecule has 8 heteroatoms. The van der Waals surface area contributed by atoms with E-state index >= 15 is 0 Å². The van der Waals surface area contributed by atoms with Crippen LogP contribution < -0.4 is 10.1 Å². The topological polar surface area (TPSA) is 54.5 Å². The number of aromatic nitrogens is 1. The summed E-state index contributed by atoms with van der Waals surface area (Å²) in [5, 5.41) is 2.81. The minimum absolute atomic E-state index is 0.0116. The van der Waals surface area contributed by atoms with E-state index < -0.39 is 12.8 Å². The Balaban J connectivity index is 1.94. The summed E-state index contributed by atoms with van der Waals surface area (Å²) in [5.74, 6) is -0.544. The van der Waals surface area contributed by atoms with E-state index in [-0.39, 0.29) is 23.4 Å². The summed E-state index contributed by atoms with van der Waals surface area (Å²) in [4.78, 5) is 18.0. The molecule has 5 nitrogen and oxygen atoms in total.